The first-order valence-electron chi connectivity index (χ1n) is 9.55. The van der Waals surface area contributed by atoms with Gasteiger partial charge in [-0.3, -0.25) is 19.8 Å². The minimum absolute atomic E-state index is 0.184. The highest BCUT2D eigenvalue weighted by molar-refractivity contribution is 8.01. The fraction of sp³-hybridized carbons (Fsp3) is 0.722. The van der Waals surface area contributed by atoms with Crippen LogP contribution in [0.5, 0.6) is 0 Å². The molecular weight excluding hydrogens is 398 g/mol. The highest BCUT2D eigenvalue weighted by atomic mass is 32.2. The summed E-state index contributed by atoms with van der Waals surface area (Å²) in [5.74, 6) is 0.642. The van der Waals surface area contributed by atoms with Gasteiger partial charge >= 0.3 is 6.03 Å². The van der Waals surface area contributed by atoms with E-state index in [0.717, 1.165) is 27.8 Å². The van der Waals surface area contributed by atoms with Crippen LogP contribution < -0.4 is 10.6 Å². The van der Waals surface area contributed by atoms with E-state index in [0.29, 0.717) is 23.9 Å². The predicted octanol–water partition coefficient (Wildman–Crippen LogP) is 3.12. The normalized spacial score (nSPS) is 25.3. The molecule has 10 heteroatoms. The molecule has 2 heterocycles. The van der Waals surface area contributed by atoms with Gasteiger partial charge in [-0.2, -0.15) is 0 Å². The molecule has 1 spiro atoms. The average Bonchev–Trinajstić information content (AvgIpc) is 3.13. The minimum atomic E-state index is -0.854. The molecule has 0 aromatic carbocycles. The van der Waals surface area contributed by atoms with Crippen molar-refractivity contribution in [3.63, 3.8) is 0 Å². The maximum absolute atomic E-state index is 13.0. The zero-order valence-corrected chi connectivity index (χ0v) is 18.3. The molecule has 154 valence electrons. The van der Waals surface area contributed by atoms with Crippen molar-refractivity contribution < 1.29 is 14.4 Å². The van der Waals surface area contributed by atoms with E-state index in [1.54, 1.807) is 0 Å². The van der Waals surface area contributed by atoms with Crippen molar-refractivity contribution in [3.05, 3.63) is 0 Å². The monoisotopic (exact) mass is 425 g/mol. The number of aromatic nitrogens is 2. The molecule has 1 aliphatic heterocycles. The maximum atomic E-state index is 13.0. The van der Waals surface area contributed by atoms with E-state index in [4.69, 9.17) is 0 Å². The van der Waals surface area contributed by atoms with Gasteiger partial charge in [0.05, 0.1) is 0 Å². The first kappa shape index (κ1) is 21.0. The van der Waals surface area contributed by atoms with Crippen molar-refractivity contribution in [2.24, 2.45) is 11.3 Å². The van der Waals surface area contributed by atoms with E-state index >= 15 is 0 Å². The van der Waals surface area contributed by atoms with Gasteiger partial charge in [0.25, 0.3) is 5.91 Å². The van der Waals surface area contributed by atoms with E-state index in [1.807, 2.05) is 6.92 Å². The topological polar surface area (TPSA) is 104 Å². The molecule has 0 radical (unpaired) electrons. The van der Waals surface area contributed by atoms with Crippen LogP contribution in [0.1, 0.15) is 53.4 Å². The molecule has 0 atom stereocenters. The van der Waals surface area contributed by atoms with E-state index in [2.05, 4.69) is 41.6 Å². The number of nitrogens with zero attached hydrogens (tertiary/aromatic N) is 3. The van der Waals surface area contributed by atoms with Crippen LogP contribution in [0.3, 0.4) is 0 Å². The lowest BCUT2D eigenvalue weighted by Crippen LogP contribution is -2.50. The molecular formula is C18H27N5O3S2. The Balaban J connectivity index is 1.60. The number of carbonyl (C=O) groups excluding carboxylic acids is 3. The Kier molecular flexibility index (Phi) is 6.00. The maximum Gasteiger partial charge on any atom is 0.325 e. The van der Waals surface area contributed by atoms with Crippen LogP contribution in [-0.2, 0) is 9.59 Å². The molecule has 28 heavy (non-hydrogen) atoms. The Morgan fingerprint density at radius 2 is 2.00 bits per heavy atom. The summed E-state index contributed by atoms with van der Waals surface area (Å²) in [6, 6.07) is -0.492. The van der Waals surface area contributed by atoms with Crippen LogP contribution in [0, 0.1) is 11.3 Å². The van der Waals surface area contributed by atoms with Gasteiger partial charge in [-0.1, -0.05) is 50.8 Å². The third kappa shape index (κ3) is 4.32. The van der Waals surface area contributed by atoms with Crippen LogP contribution >= 0.6 is 23.1 Å². The van der Waals surface area contributed by atoms with Gasteiger partial charge in [0.15, 0.2) is 4.34 Å². The van der Waals surface area contributed by atoms with Crippen molar-refractivity contribution in [1.29, 1.82) is 0 Å². The van der Waals surface area contributed by atoms with Crippen molar-refractivity contribution >= 4 is 46.1 Å². The van der Waals surface area contributed by atoms with Crippen molar-refractivity contribution in [1.82, 2.24) is 20.4 Å². The SMILES string of the molecule is CCSc1nnc(NC(=O)CN2C(=O)NC3(CCC(C(C)(C)C)CC3)C2=O)s1. The Hall–Kier alpha value is -1.68. The highest BCUT2D eigenvalue weighted by Crippen LogP contribution is 2.43. The van der Waals surface area contributed by atoms with Gasteiger partial charge in [0.1, 0.15) is 12.1 Å². The average molecular weight is 426 g/mol. The van der Waals surface area contributed by atoms with Crippen molar-refractivity contribution in [3.8, 4) is 0 Å². The summed E-state index contributed by atoms with van der Waals surface area (Å²) in [6.45, 7) is 8.31. The van der Waals surface area contributed by atoms with Crippen LogP contribution in [0.25, 0.3) is 0 Å². The van der Waals surface area contributed by atoms with Crippen molar-refractivity contribution in [2.45, 2.75) is 63.3 Å². The van der Waals surface area contributed by atoms with Crippen LogP contribution in [0.4, 0.5) is 9.93 Å². The Morgan fingerprint density at radius 1 is 1.32 bits per heavy atom. The molecule has 1 aliphatic carbocycles. The van der Waals surface area contributed by atoms with Crippen LogP contribution in [0.2, 0.25) is 0 Å². The minimum Gasteiger partial charge on any atom is -0.323 e. The lowest BCUT2D eigenvalue weighted by atomic mass is 9.67. The molecule has 2 aliphatic rings. The highest BCUT2D eigenvalue weighted by Gasteiger charge is 2.53. The van der Waals surface area contributed by atoms with Gasteiger partial charge in [-0.15, -0.1) is 10.2 Å². The molecule has 3 rings (SSSR count). The fourth-order valence-corrected chi connectivity index (χ4v) is 5.54. The second kappa shape index (κ2) is 7.98. The predicted molar refractivity (Wildman–Crippen MR) is 109 cm³/mol. The summed E-state index contributed by atoms with van der Waals surface area (Å²) in [5.41, 5.74) is -0.670. The number of thioether (sulfide) groups is 1. The van der Waals surface area contributed by atoms with E-state index in [9.17, 15) is 14.4 Å². The Morgan fingerprint density at radius 3 is 2.61 bits per heavy atom. The molecule has 1 saturated carbocycles. The Bertz CT molecular complexity index is 766. The second-order valence-electron chi connectivity index (χ2n) is 8.40. The van der Waals surface area contributed by atoms with E-state index < -0.39 is 17.5 Å². The molecule has 1 aromatic heterocycles. The van der Waals surface area contributed by atoms with E-state index in [-0.39, 0.29) is 17.9 Å². The largest absolute Gasteiger partial charge is 0.325 e. The number of nitrogens with one attached hydrogen (secondary N) is 2. The summed E-state index contributed by atoms with van der Waals surface area (Å²) in [7, 11) is 0. The number of amides is 4. The van der Waals surface area contributed by atoms with Gasteiger partial charge in [0, 0.05) is 0 Å². The fourth-order valence-electron chi connectivity index (χ4n) is 3.88. The third-order valence-corrected chi connectivity index (χ3v) is 7.39. The molecule has 0 unspecified atom stereocenters. The number of urea groups is 1. The van der Waals surface area contributed by atoms with Gasteiger partial charge in [-0.25, -0.2) is 4.79 Å². The zero-order valence-electron chi connectivity index (χ0n) is 16.7. The number of carbonyl (C=O) groups is 3. The summed E-state index contributed by atoms with van der Waals surface area (Å²) in [6.07, 6.45) is 3.01. The lowest BCUT2D eigenvalue weighted by molar-refractivity contribution is -0.135. The number of rotatable bonds is 5. The number of imide groups is 1. The summed E-state index contributed by atoms with van der Waals surface area (Å²) < 4.78 is 0.766. The zero-order chi connectivity index (χ0) is 20.5. The molecule has 8 nitrogen and oxygen atoms in total. The summed E-state index contributed by atoms with van der Waals surface area (Å²) in [4.78, 5) is 38.7. The first-order chi connectivity index (χ1) is 13.1. The molecule has 1 saturated heterocycles. The lowest BCUT2D eigenvalue weighted by Gasteiger charge is -2.40. The quantitative estimate of drug-likeness (QED) is 0.427. The number of hydrogen-bond acceptors (Lipinski definition) is 7. The second-order valence-corrected chi connectivity index (χ2v) is 10.9. The van der Waals surface area contributed by atoms with Gasteiger partial charge < -0.3 is 5.32 Å². The molecule has 1 aromatic rings. The van der Waals surface area contributed by atoms with E-state index in [1.165, 1.54) is 23.1 Å². The van der Waals surface area contributed by atoms with Crippen LogP contribution in [-0.4, -0.2) is 50.8 Å². The number of anilines is 1. The summed E-state index contributed by atoms with van der Waals surface area (Å²) in [5, 5.41) is 13.7. The standard InChI is InChI=1S/C18H27N5O3S2/c1-5-27-16-22-21-14(28-16)19-12(24)10-23-13(25)18(20-15(23)26)8-6-11(7-9-18)17(2,3)4/h11H,5-10H2,1-4H3,(H,20,26)(H,19,21,24). The third-order valence-electron chi connectivity index (χ3n) is 5.53. The summed E-state index contributed by atoms with van der Waals surface area (Å²) >= 11 is 2.81. The van der Waals surface area contributed by atoms with Crippen molar-refractivity contribution in [2.75, 3.05) is 17.6 Å². The first-order valence-corrected chi connectivity index (χ1v) is 11.3. The smallest absolute Gasteiger partial charge is 0.323 e. The molecule has 2 fully saturated rings. The number of hydrogen-bond donors (Lipinski definition) is 2. The molecule has 0 bridgehead atoms. The van der Waals surface area contributed by atoms with Crippen LogP contribution in [0.15, 0.2) is 4.34 Å². The Labute approximate surface area is 173 Å². The van der Waals surface area contributed by atoms with Gasteiger partial charge in [-0.05, 0) is 42.8 Å². The molecule has 4 amide bonds. The van der Waals surface area contributed by atoms with Gasteiger partial charge in [0.2, 0.25) is 11.0 Å². The molecule has 2 N–H and O–H groups in total.